The van der Waals surface area contributed by atoms with Gasteiger partial charge in [0.15, 0.2) is 0 Å². The lowest BCUT2D eigenvalue weighted by Crippen LogP contribution is -2.33. The molecule has 0 aromatic carbocycles. The Morgan fingerprint density at radius 1 is 1.21 bits per heavy atom. The Balaban J connectivity index is 2.10. The molecule has 1 amide bonds. The lowest BCUT2D eigenvalue weighted by Gasteiger charge is -2.16. The number of carbonyl (C=O) groups is 2. The van der Waals surface area contributed by atoms with Gasteiger partial charge in [0.1, 0.15) is 0 Å². The van der Waals surface area contributed by atoms with Gasteiger partial charge in [-0.15, -0.1) is 0 Å². The van der Waals surface area contributed by atoms with Crippen molar-refractivity contribution in [2.45, 2.75) is 71.3 Å². The number of nitrogens with one attached hydrogen (secondary N) is 1. The molecule has 19 heavy (non-hydrogen) atoms. The first-order chi connectivity index (χ1) is 8.99. The molecule has 0 bridgehead atoms. The third-order valence-corrected chi connectivity index (χ3v) is 4.05. The third kappa shape index (κ3) is 6.60. The maximum absolute atomic E-state index is 11.8. The summed E-state index contributed by atoms with van der Waals surface area (Å²) in [6, 6.07) is 0.148. The minimum atomic E-state index is -0.738. The second-order valence-electron chi connectivity index (χ2n) is 5.99. The van der Waals surface area contributed by atoms with Crippen molar-refractivity contribution in [2.24, 2.45) is 11.8 Å². The van der Waals surface area contributed by atoms with Crippen LogP contribution < -0.4 is 5.32 Å². The van der Waals surface area contributed by atoms with Crippen LogP contribution in [0.4, 0.5) is 0 Å². The second-order valence-corrected chi connectivity index (χ2v) is 5.99. The molecule has 2 unspecified atom stereocenters. The number of rotatable bonds is 8. The van der Waals surface area contributed by atoms with Crippen molar-refractivity contribution in [3.63, 3.8) is 0 Å². The van der Waals surface area contributed by atoms with Crippen molar-refractivity contribution >= 4 is 11.9 Å². The van der Waals surface area contributed by atoms with Crippen molar-refractivity contribution in [3.05, 3.63) is 0 Å². The summed E-state index contributed by atoms with van der Waals surface area (Å²) in [5, 5.41) is 11.8. The molecule has 1 fully saturated rings. The van der Waals surface area contributed by atoms with Crippen LogP contribution in [0.3, 0.4) is 0 Å². The predicted octanol–water partition coefficient (Wildman–Crippen LogP) is 2.96. The normalized spacial score (nSPS) is 19.1. The van der Waals surface area contributed by atoms with Gasteiger partial charge in [0, 0.05) is 12.5 Å². The van der Waals surface area contributed by atoms with Crippen LogP contribution in [-0.2, 0) is 9.59 Å². The van der Waals surface area contributed by atoms with Gasteiger partial charge in [-0.05, 0) is 38.5 Å². The van der Waals surface area contributed by atoms with E-state index in [-0.39, 0.29) is 17.9 Å². The van der Waals surface area contributed by atoms with Gasteiger partial charge in [0.2, 0.25) is 5.91 Å². The summed E-state index contributed by atoms with van der Waals surface area (Å²) in [6.45, 7) is 3.73. The lowest BCUT2D eigenvalue weighted by atomic mass is 10.0. The Hall–Kier alpha value is -1.06. The number of hydrogen-bond acceptors (Lipinski definition) is 2. The summed E-state index contributed by atoms with van der Waals surface area (Å²) >= 11 is 0. The monoisotopic (exact) mass is 269 g/mol. The van der Waals surface area contributed by atoms with E-state index in [1.54, 1.807) is 6.92 Å². The molecule has 1 aliphatic carbocycles. The van der Waals surface area contributed by atoms with Gasteiger partial charge in [0.25, 0.3) is 0 Å². The maximum atomic E-state index is 11.8. The molecule has 110 valence electrons. The number of hydrogen-bond donors (Lipinski definition) is 2. The smallest absolute Gasteiger partial charge is 0.306 e. The second kappa shape index (κ2) is 8.18. The van der Waals surface area contributed by atoms with E-state index in [1.807, 2.05) is 6.92 Å². The number of carboxylic acid groups (broad SMARTS) is 1. The van der Waals surface area contributed by atoms with Gasteiger partial charge in [-0.3, -0.25) is 9.59 Å². The van der Waals surface area contributed by atoms with Crippen LogP contribution in [0.5, 0.6) is 0 Å². The molecule has 1 rings (SSSR count). The molecule has 4 heteroatoms. The highest BCUT2D eigenvalue weighted by Gasteiger charge is 2.19. The average Bonchev–Trinajstić information content (AvgIpc) is 2.81. The molecule has 0 saturated heterocycles. The highest BCUT2D eigenvalue weighted by atomic mass is 16.4. The SMILES string of the molecule is CC(CCCC(C)C(=O)O)NC(=O)CC1CCCC1. The van der Waals surface area contributed by atoms with E-state index in [9.17, 15) is 9.59 Å². The molecule has 0 heterocycles. The van der Waals surface area contributed by atoms with Crippen LogP contribution in [0.15, 0.2) is 0 Å². The zero-order valence-electron chi connectivity index (χ0n) is 12.2. The van der Waals surface area contributed by atoms with Crippen molar-refractivity contribution < 1.29 is 14.7 Å². The number of carboxylic acids is 1. The highest BCUT2D eigenvalue weighted by Crippen LogP contribution is 2.27. The summed E-state index contributed by atoms with van der Waals surface area (Å²) in [6.07, 6.45) is 7.96. The van der Waals surface area contributed by atoms with E-state index in [1.165, 1.54) is 25.7 Å². The molecule has 4 nitrogen and oxygen atoms in total. The van der Waals surface area contributed by atoms with E-state index >= 15 is 0 Å². The first-order valence-electron chi connectivity index (χ1n) is 7.51. The molecule has 1 saturated carbocycles. The van der Waals surface area contributed by atoms with Crippen molar-refractivity contribution in [1.82, 2.24) is 5.32 Å². The molecule has 0 radical (unpaired) electrons. The van der Waals surface area contributed by atoms with E-state index in [0.717, 1.165) is 12.8 Å². The third-order valence-electron chi connectivity index (χ3n) is 4.05. The van der Waals surface area contributed by atoms with Crippen molar-refractivity contribution in [3.8, 4) is 0 Å². The van der Waals surface area contributed by atoms with Crippen molar-refractivity contribution in [2.75, 3.05) is 0 Å². The van der Waals surface area contributed by atoms with Crippen LogP contribution in [0.2, 0.25) is 0 Å². The molecule has 2 atom stereocenters. The minimum absolute atomic E-state index is 0.148. The molecule has 2 N–H and O–H groups in total. The Morgan fingerprint density at radius 3 is 2.42 bits per heavy atom. The van der Waals surface area contributed by atoms with Crippen LogP contribution in [0.1, 0.15) is 65.2 Å². The summed E-state index contributed by atoms with van der Waals surface area (Å²) in [5.41, 5.74) is 0. The number of carbonyl (C=O) groups excluding carboxylic acids is 1. The Kier molecular flexibility index (Phi) is 6.89. The zero-order chi connectivity index (χ0) is 14.3. The lowest BCUT2D eigenvalue weighted by molar-refractivity contribution is -0.141. The molecule has 0 aliphatic heterocycles. The fraction of sp³-hybridized carbons (Fsp3) is 0.867. The van der Waals surface area contributed by atoms with Gasteiger partial charge in [-0.1, -0.05) is 26.2 Å². The molecule has 0 aromatic rings. The van der Waals surface area contributed by atoms with Gasteiger partial charge in [-0.25, -0.2) is 0 Å². The van der Waals surface area contributed by atoms with Gasteiger partial charge in [0.05, 0.1) is 5.92 Å². The quantitative estimate of drug-likeness (QED) is 0.712. The van der Waals surface area contributed by atoms with Crippen molar-refractivity contribution in [1.29, 1.82) is 0 Å². The highest BCUT2D eigenvalue weighted by molar-refractivity contribution is 5.76. The molecule has 0 aromatic heterocycles. The first-order valence-corrected chi connectivity index (χ1v) is 7.51. The largest absolute Gasteiger partial charge is 0.481 e. The van der Waals surface area contributed by atoms with E-state index in [0.29, 0.717) is 18.8 Å². The molecule has 1 aliphatic rings. The fourth-order valence-electron chi connectivity index (χ4n) is 2.74. The Labute approximate surface area is 116 Å². The topological polar surface area (TPSA) is 66.4 Å². The fourth-order valence-corrected chi connectivity index (χ4v) is 2.74. The number of aliphatic carboxylic acids is 1. The number of amides is 1. The van der Waals surface area contributed by atoms with Gasteiger partial charge in [-0.2, -0.15) is 0 Å². The predicted molar refractivity (Wildman–Crippen MR) is 74.8 cm³/mol. The van der Waals surface area contributed by atoms with Gasteiger partial charge < -0.3 is 10.4 Å². The average molecular weight is 269 g/mol. The molecule has 0 spiro atoms. The molecular weight excluding hydrogens is 242 g/mol. The van der Waals surface area contributed by atoms with Crippen LogP contribution in [0.25, 0.3) is 0 Å². The first kappa shape index (κ1) is 16.0. The van der Waals surface area contributed by atoms with E-state index in [4.69, 9.17) is 5.11 Å². The van der Waals surface area contributed by atoms with E-state index < -0.39 is 5.97 Å². The zero-order valence-corrected chi connectivity index (χ0v) is 12.2. The maximum Gasteiger partial charge on any atom is 0.306 e. The van der Waals surface area contributed by atoms with Crippen LogP contribution >= 0.6 is 0 Å². The standard InChI is InChI=1S/C15H27NO3/c1-11(15(18)19)6-5-7-12(2)16-14(17)10-13-8-3-4-9-13/h11-13H,3-10H2,1-2H3,(H,16,17)(H,18,19). The van der Waals surface area contributed by atoms with Crippen LogP contribution in [-0.4, -0.2) is 23.0 Å². The summed E-state index contributed by atoms with van der Waals surface area (Å²) in [7, 11) is 0. The summed E-state index contributed by atoms with van der Waals surface area (Å²) < 4.78 is 0. The Bertz CT molecular complexity index is 298. The molecular formula is C15H27NO3. The Morgan fingerprint density at radius 2 is 1.84 bits per heavy atom. The summed E-state index contributed by atoms with van der Waals surface area (Å²) in [5.74, 6) is -0.288. The van der Waals surface area contributed by atoms with E-state index in [2.05, 4.69) is 5.32 Å². The van der Waals surface area contributed by atoms with Gasteiger partial charge >= 0.3 is 5.97 Å². The van der Waals surface area contributed by atoms with Crippen LogP contribution in [0, 0.1) is 11.8 Å². The minimum Gasteiger partial charge on any atom is -0.481 e. The summed E-state index contributed by atoms with van der Waals surface area (Å²) in [4.78, 5) is 22.5.